The molecule has 1 unspecified atom stereocenters. The van der Waals surface area contributed by atoms with Gasteiger partial charge in [0, 0.05) is 12.4 Å². The summed E-state index contributed by atoms with van der Waals surface area (Å²) in [4.78, 5) is 0. The minimum Gasteiger partial charge on any atom is -0.735 e. The van der Waals surface area contributed by atoms with Crippen molar-refractivity contribution in [1.82, 2.24) is 4.72 Å². The molecule has 0 fully saturated rings. The van der Waals surface area contributed by atoms with E-state index in [1.807, 2.05) is 0 Å². The molecule has 2 N–H and O–H groups in total. The maximum Gasteiger partial charge on any atom is 1.00 e. The normalized spacial score (nSPS) is 13.7. The maximum atomic E-state index is 9.83. The smallest absolute Gasteiger partial charge is 0.735 e. The van der Waals surface area contributed by atoms with Crippen molar-refractivity contribution in [1.29, 1.82) is 0 Å². The second kappa shape index (κ2) is 7.19. The summed E-state index contributed by atoms with van der Waals surface area (Å²) in [6.45, 7) is -0.338. The fraction of sp³-hybridized carbons (Fsp3) is 1.00. The molecule has 0 saturated heterocycles. The van der Waals surface area contributed by atoms with Gasteiger partial charge in [-0.25, -0.2) is 13.1 Å². The molecule has 0 bridgehead atoms. The third kappa shape index (κ3) is 11.8. The number of nitrogens with one attached hydrogen (secondary N) is 1. The Morgan fingerprint density at radius 2 is 2.09 bits per heavy atom. The van der Waals surface area contributed by atoms with E-state index in [-0.39, 0.29) is 63.8 Å². The van der Waals surface area contributed by atoms with E-state index >= 15 is 0 Å². The summed E-state index contributed by atoms with van der Waals surface area (Å²) >= 11 is 5.09. The average Bonchev–Trinajstić information content (AvgIpc) is 1.81. The molecular weight excluding hydrogens is 221 g/mol. The molecular formula is C3H7ClKNO4S. The van der Waals surface area contributed by atoms with Crippen molar-refractivity contribution in [3.63, 3.8) is 0 Å². The second-order valence-electron chi connectivity index (χ2n) is 1.61. The number of halogens is 1. The van der Waals surface area contributed by atoms with E-state index in [4.69, 9.17) is 16.7 Å². The Labute approximate surface area is 113 Å². The maximum absolute atomic E-state index is 9.83. The van der Waals surface area contributed by atoms with Crippen molar-refractivity contribution >= 4 is 21.9 Å². The molecule has 5 nitrogen and oxygen atoms in total. The van der Waals surface area contributed by atoms with Gasteiger partial charge in [0.15, 0.2) is 10.3 Å². The molecule has 11 heavy (non-hydrogen) atoms. The zero-order valence-corrected chi connectivity index (χ0v) is 10.6. The van der Waals surface area contributed by atoms with Crippen LogP contribution in [0, 0.1) is 0 Å². The average molecular weight is 228 g/mol. The number of aliphatic hydroxyl groups excluding tert-OH is 1. The van der Waals surface area contributed by atoms with Crippen LogP contribution >= 0.6 is 11.6 Å². The second-order valence-corrected chi connectivity index (χ2v) is 3.12. The molecule has 0 aliphatic rings. The Morgan fingerprint density at radius 3 is 2.36 bits per heavy atom. The van der Waals surface area contributed by atoms with Gasteiger partial charge in [0.05, 0.1) is 6.10 Å². The Balaban J connectivity index is 0. The Bertz CT molecular complexity index is 184. The minimum absolute atomic E-state index is 0. The summed E-state index contributed by atoms with van der Waals surface area (Å²) in [6.07, 6.45) is -1.01. The largest absolute Gasteiger partial charge is 1.00 e. The van der Waals surface area contributed by atoms with E-state index < -0.39 is 16.4 Å². The van der Waals surface area contributed by atoms with E-state index in [2.05, 4.69) is 0 Å². The van der Waals surface area contributed by atoms with Crippen LogP contribution in [0.3, 0.4) is 0 Å². The molecule has 0 aromatic carbocycles. The van der Waals surface area contributed by atoms with Gasteiger partial charge >= 0.3 is 51.4 Å². The molecule has 62 valence electrons. The van der Waals surface area contributed by atoms with Crippen LogP contribution in [0.4, 0.5) is 0 Å². The molecule has 1 atom stereocenters. The van der Waals surface area contributed by atoms with Crippen LogP contribution in [0.2, 0.25) is 0 Å². The van der Waals surface area contributed by atoms with Crippen LogP contribution in [0.25, 0.3) is 0 Å². The van der Waals surface area contributed by atoms with E-state index in [0.717, 1.165) is 0 Å². The first-order chi connectivity index (χ1) is 4.45. The number of hydrogen-bond donors (Lipinski definition) is 2. The van der Waals surface area contributed by atoms with Gasteiger partial charge in [0.25, 0.3) is 0 Å². The van der Waals surface area contributed by atoms with Gasteiger partial charge in [-0.05, 0) is 0 Å². The summed E-state index contributed by atoms with van der Waals surface area (Å²) < 4.78 is 31.0. The predicted octanol–water partition coefficient (Wildman–Crippen LogP) is -4.36. The Morgan fingerprint density at radius 1 is 1.64 bits per heavy atom. The van der Waals surface area contributed by atoms with E-state index in [1.165, 1.54) is 0 Å². The van der Waals surface area contributed by atoms with Crippen LogP contribution in [0.5, 0.6) is 0 Å². The summed E-state index contributed by atoms with van der Waals surface area (Å²) in [5.74, 6) is -0.109. The van der Waals surface area contributed by atoms with Crippen LogP contribution in [-0.2, 0) is 10.3 Å². The topological polar surface area (TPSA) is 89.5 Å². The van der Waals surface area contributed by atoms with Gasteiger partial charge in [0.1, 0.15) is 0 Å². The quantitative estimate of drug-likeness (QED) is 0.289. The summed E-state index contributed by atoms with van der Waals surface area (Å²) in [6, 6.07) is 0. The first kappa shape index (κ1) is 15.2. The molecule has 0 aliphatic heterocycles. The molecule has 0 rings (SSSR count). The molecule has 0 spiro atoms. The Hall–Kier alpha value is 1.76. The van der Waals surface area contributed by atoms with E-state index in [1.54, 1.807) is 4.72 Å². The van der Waals surface area contributed by atoms with Crippen molar-refractivity contribution in [2.24, 2.45) is 0 Å². The zero-order chi connectivity index (χ0) is 8.20. The molecule has 8 heteroatoms. The minimum atomic E-state index is -4.45. The van der Waals surface area contributed by atoms with Crippen LogP contribution in [0.15, 0.2) is 0 Å². The summed E-state index contributed by atoms with van der Waals surface area (Å²) in [5.41, 5.74) is 0. The number of rotatable bonds is 4. The van der Waals surface area contributed by atoms with E-state index in [0.29, 0.717) is 0 Å². The first-order valence-electron chi connectivity index (χ1n) is 2.40. The zero-order valence-electron chi connectivity index (χ0n) is 5.95. The molecule has 0 aromatic rings. The van der Waals surface area contributed by atoms with Crippen molar-refractivity contribution < 1.29 is 69.5 Å². The van der Waals surface area contributed by atoms with Gasteiger partial charge in [-0.3, -0.25) is 0 Å². The summed E-state index contributed by atoms with van der Waals surface area (Å²) in [5, 5.41) is 8.62. The SMILES string of the molecule is O=S(=O)([O-])NCC(O)CCl.[K+]. The Kier molecular flexibility index (Phi) is 9.96. The van der Waals surface area contributed by atoms with Crippen molar-refractivity contribution in [3.05, 3.63) is 0 Å². The molecule has 0 heterocycles. The standard InChI is InChI=1S/C3H8ClNO4S.K/c4-1-3(6)2-5-10(7,8)9;/h3,5-6H,1-2H2,(H,7,8,9);/q;+1/p-1. The fourth-order valence-corrected chi connectivity index (χ4v) is 0.758. The van der Waals surface area contributed by atoms with Gasteiger partial charge in [0.2, 0.25) is 0 Å². The first-order valence-corrected chi connectivity index (χ1v) is 4.34. The third-order valence-corrected chi connectivity index (χ3v) is 1.55. The predicted molar refractivity (Wildman–Crippen MR) is 34.4 cm³/mol. The number of alkyl halides is 1. The van der Waals surface area contributed by atoms with Crippen molar-refractivity contribution in [3.8, 4) is 0 Å². The fourth-order valence-electron chi connectivity index (χ4n) is 0.253. The van der Waals surface area contributed by atoms with Crippen molar-refractivity contribution in [2.75, 3.05) is 12.4 Å². The van der Waals surface area contributed by atoms with Gasteiger partial charge in [-0.1, -0.05) is 0 Å². The molecule has 0 aliphatic carbocycles. The van der Waals surface area contributed by atoms with Gasteiger partial charge < -0.3 is 9.66 Å². The molecule has 0 saturated carbocycles. The van der Waals surface area contributed by atoms with E-state index in [9.17, 15) is 13.0 Å². The van der Waals surface area contributed by atoms with Crippen LogP contribution in [0.1, 0.15) is 0 Å². The molecule has 0 aromatic heterocycles. The van der Waals surface area contributed by atoms with Gasteiger partial charge in [-0.15, -0.1) is 11.6 Å². The van der Waals surface area contributed by atoms with Crippen molar-refractivity contribution in [2.45, 2.75) is 6.10 Å². The van der Waals surface area contributed by atoms with Crippen LogP contribution in [-0.4, -0.2) is 36.6 Å². The number of hydrogen-bond acceptors (Lipinski definition) is 4. The van der Waals surface area contributed by atoms with Crippen LogP contribution < -0.4 is 56.1 Å². The van der Waals surface area contributed by atoms with Gasteiger partial charge in [-0.2, -0.15) is 0 Å². The molecule has 0 radical (unpaired) electrons. The monoisotopic (exact) mass is 227 g/mol. The molecule has 0 amide bonds. The third-order valence-electron chi connectivity index (χ3n) is 0.674. The number of aliphatic hydroxyl groups is 1. The summed E-state index contributed by atoms with van der Waals surface area (Å²) in [7, 11) is -4.45.